The molecule has 5 aromatic rings. The number of benzene rings is 3. The Hall–Kier alpha value is -3.60. The van der Waals surface area contributed by atoms with Crippen LogP contribution < -0.4 is 16.8 Å². The van der Waals surface area contributed by atoms with Gasteiger partial charge in [-0.3, -0.25) is 9.20 Å². The summed E-state index contributed by atoms with van der Waals surface area (Å²) in [5, 5.41) is 22.5. The molecule has 0 spiro atoms. The lowest BCUT2D eigenvalue weighted by Gasteiger charge is -2.11. The van der Waals surface area contributed by atoms with Crippen molar-refractivity contribution in [2.24, 2.45) is 5.92 Å². The minimum Gasteiger partial charge on any atom is -0.423 e. The van der Waals surface area contributed by atoms with Gasteiger partial charge in [0, 0.05) is 27.6 Å². The normalized spacial score (nSPS) is 12.3. The Labute approximate surface area is 273 Å². The van der Waals surface area contributed by atoms with Gasteiger partial charge in [-0.2, -0.15) is 0 Å². The van der Waals surface area contributed by atoms with Gasteiger partial charge in [-0.15, -0.1) is 0 Å². The molecule has 0 amide bonds. The molecule has 1 unspecified atom stereocenters. The molecule has 0 aliphatic rings. The molecule has 0 bridgehead atoms. The topological polar surface area (TPSA) is 101 Å². The summed E-state index contributed by atoms with van der Waals surface area (Å²) in [5.41, 5.74) is 9.73. The van der Waals surface area contributed by atoms with Crippen LogP contribution in [0.3, 0.4) is 0 Å². The van der Waals surface area contributed by atoms with Crippen molar-refractivity contribution in [3.05, 3.63) is 58.4 Å². The maximum Gasteiger partial charge on any atom is 0.489 e. The predicted molar refractivity (Wildman–Crippen MR) is 195 cm³/mol. The highest BCUT2D eigenvalue weighted by Crippen LogP contribution is 2.31. The van der Waals surface area contributed by atoms with Crippen LogP contribution in [0.1, 0.15) is 122 Å². The number of aromatic nitrogens is 2. The summed E-state index contributed by atoms with van der Waals surface area (Å²) in [6.45, 7) is 4.52. The Morgan fingerprint density at radius 2 is 1.41 bits per heavy atom. The quantitative estimate of drug-likeness (QED) is 0.0423. The fourth-order valence-electron chi connectivity index (χ4n) is 6.97. The number of pyridine rings is 1. The second-order valence-electron chi connectivity index (χ2n) is 13.1. The van der Waals surface area contributed by atoms with E-state index in [1.165, 1.54) is 89.9 Å². The monoisotopic (exact) mass is 619 g/mol. The standard InChI is InChI=1S/C39H50BN3O3/c1-3-5-7-9-11-12-14-16-19-28(18-15-13-10-8-6-4-2)22-23-29-26-34(41)37-35(27-29)43-38(42-37)31-21-17-20-30-33(40(45)46)25-24-32(36(30)31)39(43)44/h17,20-21,24-28,45-46H,3-16,18-19,41H2,1-2H3. The van der Waals surface area contributed by atoms with Crippen LogP contribution in [0.15, 0.2) is 47.3 Å². The number of hydrogen-bond donors (Lipinski definition) is 3. The van der Waals surface area contributed by atoms with Gasteiger partial charge in [0.2, 0.25) is 0 Å². The lowest BCUT2D eigenvalue weighted by Crippen LogP contribution is -2.31. The van der Waals surface area contributed by atoms with E-state index in [9.17, 15) is 14.8 Å². The largest absolute Gasteiger partial charge is 0.489 e. The van der Waals surface area contributed by atoms with Crippen molar-refractivity contribution in [3.63, 3.8) is 0 Å². The van der Waals surface area contributed by atoms with Gasteiger partial charge in [-0.1, -0.05) is 140 Å². The number of rotatable bonds is 17. The Morgan fingerprint density at radius 1 is 0.804 bits per heavy atom. The van der Waals surface area contributed by atoms with Crippen LogP contribution in [0, 0.1) is 17.8 Å². The van der Waals surface area contributed by atoms with Gasteiger partial charge in [0.05, 0.1) is 11.2 Å². The van der Waals surface area contributed by atoms with E-state index in [1.54, 1.807) is 22.6 Å². The highest BCUT2D eigenvalue weighted by Gasteiger charge is 2.22. The molecule has 242 valence electrons. The third-order valence-electron chi connectivity index (χ3n) is 9.55. The maximum atomic E-state index is 13.9. The summed E-state index contributed by atoms with van der Waals surface area (Å²) in [6, 6.07) is 12.7. The van der Waals surface area contributed by atoms with Gasteiger partial charge in [0.1, 0.15) is 11.2 Å². The number of imidazole rings is 1. The smallest absolute Gasteiger partial charge is 0.423 e. The fraction of sp³-hybridized carbons (Fsp3) is 0.487. The predicted octanol–water partition coefficient (Wildman–Crippen LogP) is 8.10. The lowest BCUT2D eigenvalue weighted by molar-refractivity contribution is 0.426. The number of hydrogen-bond acceptors (Lipinski definition) is 5. The van der Waals surface area contributed by atoms with Crippen molar-refractivity contribution in [1.29, 1.82) is 0 Å². The Bertz CT molecular complexity index is 1870. The van der Waals surface area contributed by atoms with Gasteiger partial charge < -0.3 is 15.8 Å². The molecular weight excluding hydrogens is 569 g/mol. The highest BCUT2D eigenvalue weighted by atomic mass is 16.4. The van der Waals surface area contributed by atoms with Crippen LogP contribution in [0.4, 0.5) is 5.69 Å². The fourth-order valence-corrected chi connectivity index (χ4v) is 6.97. The molecular formula is C39H50BN3O3. The molecule has 0 saturated heterocycles. The van der Waals surface area contributed by atoms with Crippen LogP contribution in [-0.4, -0.2) is 26.6 Å². The van der Waals surface area contributed by atoms with E-state index in [4.69, 9.17) is 10.7 Å². The first-order chi connectivity index (χ1) is 22.4. The summed E-state index contributed by atoms with van der Waals surface area (Å²) in [4.78, 5) is 18.8. The lowest BCUT2D eigenvalue weighted by atomic mass is 9.76. The van der Waals surface area contributed by atoms with Crippen molar-refractivity contribution in [2.75, 3.05) is 5.73 Å². The van der Waals surface area contributed by atoms with E-state index in [2.05, 4.69) is 25.7 Å². The number of unbranched alkanes of at least 4 members (excludes halogenated alkanes) is 12. The zero-order valence-electron chi connectivity index (χ0n) is 27.8. The number of anilines is 1. The summed E-state index contributed by atoms with van der Waals surface area (Å²) in [5.74, 6) is 7.41. The average Bonchev–Trinajstić information content (AvgIpc) is 3.45. The first kappa shape index (κ1) is 33.8. The Kier molecular flexibility index (Phi) is 12.0. The number of nitrogens with zero attached hydrogens (tertiary/aromatic N) is 2. The zero-order chi connectivity index (χ0) is 32.5. The summed E-state index contributed by atoms with van der Waals surface area (Å²) in [7, 11) is -1.64. The molecule has 0 saturated carbocycles. The van der Waals surface area contributed by atoms with Crippen molar-refractivity contribution < 1.29 is 10.0 Å². The van der Waals surface area contributed by atoms with E-state index in [0.717, 1.165) is 23.8 Å². The summed E-state index contributed by atoms with van der Waals surface area (Å²) < 4.78 is 1.64. The Morgan fingerprint density at radius 3 is 2.04 bits per heavy atom. The minimum absolute atomic E-state index is 0.208. The first-order valence-electron chi connectivity index (χ1n) is 17.7. The second-order valence-corrected chi connectivity index (χ2v) is 13.1. The molecule has 46 heavy (non-hydrogen) atoms. The molecule has 3 aromatic carbocycles. The summed E-state index contributed by atoms with van der Waals surface area (Å²) >= 11 is 0. The number of nitrogen functional groups attached to an aromatic ring is 1. The molecule has 2 heterocycles. The Balaban J connectivity index is 1.42. The van der Waals surface area contributed by atoms with Gasteiger partial charge >= 0.3 is 7.12 Å². The first-order valence-corrected chi connectivity index (χ1v) is 17.7. The molecule has 0 aliphatic heterocycles. The van der Waals surface area contributed by atoms with E-state index in [1.807, 2.05) is 24.3 Å². The van der Waals surface area contributed by atoms with E-state index in [-0.39, 0.29) is 5.56 Å². The highest BCUT2D eigenvalue weighted by molar-refractivity contribution is 6.62. The van der Waals surface area contributed by atoms with Gasteiger partial charge in [-0.05, 0) is 41.9 Å². The number of nitrogens with two attached hydrogens (primary N) is 1. The summed E-state index contributed by atoms with van der Waals surface area (Å²) in [6.07, 6.45) is 20.4. The van der Waals surface area contributed by atoms with Gasteiger partial charge in [0.15, 0.2) is 0 Å². The molecule has 2 aromatic heterocycles. The van der Waals surface area contributed by atoms with Crippen molar-refractivity contribution in [2.45, 2.75) is 117 Å². The van der Waals surface area contributed by atoms with Crippen LogP contribution in [0.25, 0.3) is 38.2 Å². The van der Waals surface area contributed by atoms with Crippen molar-refractivity contribution >= 4 is 56.5 Å². The molecule has 6 nitrogen and oxygen atoms in total. The third-order valence-corrected chi connectivity index (χ3v) is 9.55. The van der Waals surface area contributed by atoms with Crippen molar-refractivity contribution in [3.8, 4) is 11.8 Å². The van der Waals surface area contributed by atoms with Crippen LogP contribution in [-0.2, 0) is 0 Å². The maximum absolute atomic E-state index is 13.9. The molecule has 5 rings (SSSR count). The molecule has 1 atom stereocenters. The average molecular weight is 620 g/mol. The van der Waals surface area contributed by atoms with Crippen LogP contribution in [0.2, 0.25) is 0 Å². The zero-order valence-corrected chi connectivity index (χ0v) is 27.8. The molecule has 4 N–H and O–H groups in total. The van der Waals surface area contributed by atoms with Crippen LogP contribution >= 0.6 is 0 Å². The molecule has 0 aliphatic carbocycles. The number of fused-ring (bicyclic) bond motifs is 4. The second kappa shape index (κ2) is 16.3. The molecule has 7 heteroatoms. The van der Waals surface area contributed by atoms with Crippen molar-refractivity contribution in [1.82, 2.24) is 9.38 Å². The SMILES string of the molecule is CCCCCCCCCCC(C#Cc1cc(N)c2nc3c4cccc5c(B(O)O)ccc(c(=O)n3c2c1)c54)CCCCCCCC. The van der Waals surface area contributed by atoms with Crippen LogP contribution in [0.5, 0.6) is 0 Å². The van der Waals surface area contributed by atoms with Gasteiger partial charge in [-0.25, -0.2) is 4.98 Å². The molecule has 0 fully saturated rings. The van der Waals surface area contributed by atoms with E-state index in [0.29, 0.717) is 49.9 Å². The molecule has 0 radical (unpaired) electrons. The third kappa shape index (κ3) is 7.68. The van der Waals surface area contributed by atoms with E-state index >= 15 is 0 Å². The minimum atomic E-state index is -1.64. The van der Waals surface area contributed by atoms with Gasteiger partial charge in [0.25, 0.3) is 5.56 Å². The van der Waals surface area contributed by atoms with E-state index < -0.39 is 7.12 Å².